The van der Waals surface area contributed by atoms with Gasteiger partial charge in [0.05, 0.1) is 34.4 Å². The number of aryl methyl sites for hydroxylation is 4. The number of alkyl halides is 2. The van der Waals surface area contributed by atoms with Gasteiger partial charge in [-0.1, -0.05) is 59.6 Å². The van der Waals surface area contributed by atoms with E-state index >= 15 is 8.78 Å². The first kappa shape index (κ1) is 53.1. The van der Waals surface area contributed by atoms with Crippen molar-refractivity contribution in [3.05, 3.63) is 187 Å². The third-order valence-electron chi connectivity index (χ3n) is 12.6. The second-order valence-corrected chi connectivity index (χ2v) is 18.5. The van der Waals surface area contributed by atoms with Crippen molar-refractivity contribution in [2.75, 3.05) is 37.2 Å². The van der Waals surface area contributed by atoms with Gasteiger partial charge in [-0.2, -0.15) is 10.5 Å². The molecule has 4 heterocycles. The van der Waals surface area contributed by atoms with Crippen LogP contribution in [-0.4, -0.2) is 68.9 Å². The highest BCUT2D eigenvalue weighted by Gasteiger charge is 2.39. The minimum Gasteiger partial charge on any atom is -0.398 e. The van der Waals surface area contributed by atoms with Gasteiger partial charge in [0, 0.05) is 86.8 Å². The number of piperidine rings is 2. The van der Waals surface area contributed by atoms with Crippen molar-refractivity contribution in [2.45, 2.75) is 64.7 Å². The van der Waals surface area contributed by atoms with Crippen molar-refractivity contribution in [1.82, 2.24) is 19.8 Å². The van der Waals surface area contributed by atoms with Gasteiger partial charge >= 0.3 is 0 Å². The summed E-state index contributed by atoms with van der Waals surface area (Å²) in [7, 11) is 0. The molecule has 0 unspecified atom stereocenters. The van der Waals surface area contributed by atoms with Crippen LogP contribution in [0.25, 0.3) is 0 Å². The highest BCUT2D eigenvalue weighted by atomic mass is 35.5. The number of carbonyl (C=O) groups is 4. The van der Waals surface area contributed by atoms with Crippen molar-refractivity contribution in [3.8, 4) is 12.1 Å². The van der Waals surface area contributed by atoms with E-state index in [1.54, 1.807) is 76.5 Å². The number of nitriles is 2. The minimum atomic E-state index is -1.54. The number of carbonyl (C=O) groups excluding carboxylic acids is 4. The van der Waals surface area contributed by atoms with Crippen LogP contribution in [0.5, 0.6) is 0 Å². The van der Waals surface area contributed by atoms with E-state index in [-0.39, 0.29) is 56.5 Å². The molecule has 0 saturated carbocycles. The molecule has 364 valence electrons. The molecule has 0 bridgehead atoms. The zero-order valence-electron chi connectivity index (χ0n) is 39.3. The fraction of sp³-hybridized carbons (Fsp3) is 0.259. The van der Waals surface area contributed by atoms with Crippen molar-refractivity contribution in [3.63, 3.8) is 0 Å². The fourth-order valence-electron chi connectivity index (χ4n) is 8.25. The largest absolute Gasteiger partial charge is 0.398 e. The molecule has 2 aromatic heterocycles. The lowest BCUT2D eigenvalue weighted by Crippen LogP contribution is -2.43. The van der Waals surface area contributed by atoms with Gasteiger partial charge in [-0.05, 0) is 133 Å². The predicted molar refractivity (Wildman–Crippen MR) is 271 cm³/mol. The third-order valence-corrected chi connectivity index (χ3v) is 13.3. The Balaban J connectivity index is 0.000000200. The molecule has 0 radical (unpaired) electrons. The molecule has 6 aromatic rings. The maximum atomic E-state index is 15.6. The van der Waals surface area contributed by atoms with Gasteiger partial charge in [0.25, 0.3) is 23.0 Å². The maximum absolute atomic E-state index is 15.6. The normalized spacial score (nSPS) is 14.5. The Morgan fingerprint density at radius 3 is 1.41 bits per heavy atom. The van der Waals surface area contributed by atoms with Crippen molar-refractivity contribution >= 4 is 69.1 Å². The number of amides is 3. The van der Waals surface area contributed by atoms with E-state index in [4.69, 9.17) is 51.1 Å². The summed E-state index contributed by atoms with van der Waals surface area (Å²) in [4.78, 5) is 60.2. The molecule has 12 nitrogen and oxygen atoms in total. The standard InChI is InChI=1S/C27H24ClFN4O2.C21H22FN3O.C6H3Cl2NO/c1-17-13-18(2)23(32-25(34)20-5-8-24(28)31-16-20)14-22(17)26(35)33-11-9-27(29,10-12-33)21-6-3-19(15-30)4-7-21;1-14-11-15(2)19(24)12-18(14)20(26)25-9-7-21(22,8-10-25)17-5-3-16(13-23)4-6-17;7-5-2-1-4(3-9-5)6(8)10/h3-8,13-14,16H,9-12H2,1-2H3,(H,32,34);3-6,11-12H,7-10,24H2,1-2H3;1-3H. The molecule has 2 saturated heterocycles. The molecule has 8 rings (SSSR count). The molecule has 71 heavy (non-hydrogen) atoms. The summed E-state index contributed by atoms with van der Waals surface area (Å²) >= 11 is 16.4. The SMILES string of the molecule is Cc1cc(C)c(C(=O)N2CCC(F)(c3ccc(C#N)cc3)CC2)cc1N.Cc1cc(C)c(C(=O)N2CCC(F)(c3ccc(C#N)cc3)CC2)cc1NC(=O)c1ccc(Cl)nc1.O=C(Cl)c1ccc(Cl)nc1. The Bertz CT molecular complexity index is 3020. The molecule has 2 aliphatic heterocycles. The number of pyridine rings is 2. The molecule has 0 spiro atoms. The van der Waals surface area contributed by atoms with Gasteiger partial charge < -0.3 is 20.9 Å². The van der Waals surface area contributed by atoms with Gasteiger partial charge in [0.1, 0.15) is 21.6 Å². The van der Waals surface area contributed by atoms with E-state index in [0.29, 0.717) is 79.3 Å². The van der Waals surface area contributed by atoms with Crippen molar-refractivity contribution in [2.24, 2.45) is 0 Å². The lowest BCUT2D eigenvalue weighted by atomic mass is 9.85. The summed E-state index contributed by atoms with van der Waals surface area (Å²) in [6.07, 6.45) is 3.54. The van der Waals surface area contributed by atoms with Gasteiger partial charge in [-0.25, -0.2) is 18.7 Å². The first-order chi connectivity index (χ1) is 33.7. The Labute approximate surface area is 426 Å². The number of nitrogens with zero attached hydrogens (tertiary/aromatic N) is 6. The molecule has 2 aliphatic rings. The highest BCUT2D eigenvalue weighted by molar-refractivity contribution is 6.67. The maximum Gasteiger partial charge on any atom is 0.257 e. The Hall–Kier alpha value is -7.23. The van der Waals surface area contributed by atoms with E-state index in [0.717, 1.165) is 22.3 Å². The second kappa shape index (κ2) is 23.1. The van der Waals surface area contributed by atoms with Crippen LogP contribution in [0.4, 0.5) is 20.2 Å². The number of anilines is 2. The minimum absolute atomic E-state index is 0.101. The smallest absolute Gasteiger partial charge is 0.257 e. The van der Waals surface area contributed by atoms with E-state index in [9.17, 15) is 19.2 Å². The zero-order chi connectivity index (χ0) is 51.6. The van der Waals surface area contributed by atoms with Crippen LogP contribution in [0, 0.1) is 50.4 Å². The molecule has 2 fully saturated rings. The quantitative estimate of drug-likeness (QED) is 0.0891. The predicted octanol–water partition coefficient (Wildman–Crippen LogP) is 11.5. The number of rotatable bonds is 7. The number of nitrogens with one attached hydrogen (secondary N) is 1. The summed E-state index contributed by atoms with van der Waals surface area (Å²) in [6, 6.07) is 30.5. The summed E-state index contributed by atoms with van der Waals surface area (Å²) in [5, 5.41) is 20.8. The van der Waals surface area contributed by atoms with Gasteiger partial charge in [0.15, 0.2) is 0 Å². The molecule has 0 aliphatic carbocycles. The second-order valence-electron chi connectivity index (χ2n) is 17.4. The summed E-state index contributed by atoms with van der Waals surface area (Å²) in [5.74, 6) is -0.661. The number of nitrogen functional groups attached to an aromatic ring is 1. The lowest BCUT2D eigenvalue weighted by molar-refractivity contribution is 0.0412. The van der Waals surface area contributed by atoms with Crippen LogP contribution in [0.15, 0.2) is 109 Å². The summed E-state index contributed by atoms with van der Waals surface area (Å²) < 4.78 is 31.0. The number of nitrogens with two attached hydrogens (primary N) is 1. The molecule has 17 heteroatoms. The van der Waals surface area contributed by atoms with Crippen LogP contribution in [0.2, 0.25) is 10.3 Å². The van der Waals surface area contributed by atoms with Crippen molar-refractivity contribution in [1.29, 1.82) is 10.5 Å². The number of benzene rings is 4. The number of likely N-dealkylation sites (tertiary alicyclic amines) is 2. The fourth-order valence-corrected chi connectivity index (χ4v) is 8.58. The lowest BCUT2D eigenvalue weighted by Gasteiger charge is -2.37. The highest BCUT2D eigenvalue weighted by Crippen LogP contribution is 2.39. The molecular formula is C54H49Cl3F2N8O4. The van der Waals surface area contributed by atoms with Crippen LogP contribution in [0.1, 0.15) is 112 Å². The van der Waals surface area contributed by atoms with Crippen LogP contribution in [-0.2, 0) is 11.3 Å². The number of aromatic nitrogens is 2. The zero-order valence-corrected chi connectivity index (χ0v) is 41.6. The average molecular weight is 1020 g/mol. The number of halogens is 5. The van der Waals surface area contributed by atoms with E-state index in [2.05, 4.69) is 15.3 Å². The number of hydrogen-bond donors (Lipinski definition) is 2. The molecule has 4 aromatic carbocycles. The van der Waals surface area contributed by atoms with Crippen molar-refractivity contribution < 1.29 is 28.0 Å². The number of hydrogen-bond acceptors (Lipinski definition) is 9. The average Bonchev–Trinajstić information content (AvgIpc) is 3.36. The van der Waals surface area contributed by atoms with E-state index < -0.39 is 16.6 Å². The molecule has 0 atom stereocenters. The summed E-state index contributed by atoms with van der Waals surface area (Å²) in [6.45, 7) is 8.72. The molecular weight excluding hydrogens is 969 g/mol. The van der Waals surface area contributed by atoms with Crippen LogP contribution in [0.3, 0.4) is 0 Å². The van der Waals surface area contributed by atoms with Gasteiger partial charge in [0.2, 0.25) is 0 Å². The first-order valence-corrected chi connectivity index (χ1v) is 23.6. The van der Waals surface area contributed by atoms with E-state index in [1.165, 1.54) is 30.6 Å². The Morgan fingerprint density at radius 1 is 0.606 bits per heavy atom. The third kappa shape index (κ3) is 13.2. The van der Waals surface area contributed by atoms with Gasteiger partial charge in [-0.3, -0.25) is 19.2 Å². The topological polar surface area (TPSA) is 186 Å². The van der Waals surface area contributed by atoms with Crippen LogP contribution >= 0.6 is 34.8 Å². The monoisotopic (exact) mass is 1020 g/mol. The summed E-state index contributed by atoms with van der Waals surface area (Å²) in [5.41, 5.74) is 11.3. The first-order valence-electron chi connectivity index (χ1n) is 22.4. The Morgan fingerprint density at radius 2 is 1.01 bits per heavy atom. The Kier molecular flexibility index (Phi) is 17.3. The van der Waals surface area contributed by atoms with Gasteiger partial charge in [-0.15, -0.1) is 0 Å². The van der Waals surface area contributed by atoms with Crippen LogP contribution < -0.4 is 11.1 Å². The van der Waals surface area contributed by atoms with E-state index in [1.807, 2.05) is 52.0 Å². The molecule has 3 N–H and O–H groups in total. The molecule has 3 amide bonds.